The van der Waals surface area contributed by atoms with E-state index in [1.807, 2.05) is 34.3 Å². The van der Waals surface area contributed by atoms with Gasteiger partial charge in [-0.3, -0.25) is 4.55 Å². The van der Waals surface area contributed by atoms with Gasteiger partial charge in [0.1, 0.15) is 11.5 Å². The molecule has 0 fully saturated rings. The lowest BCUT2D eigenvalue weighted by molar-refractivity contribution is 0.326. The molecule has 0 unspecified atom stereocenters. The number of rotatable bonds is 13. The maximum Gasteiger partial charge on any atom is 0.304 e. The maximum atomic E-state index is 12.0. The Kier molecular flexibility index (Phi) is 12.4. The molecule has 0 saturated heterocycles. The quantitative estimate of drug-likeness (QED) is 0.0901. The summed E-state index contributed by atoms with van der Waals surface area (Å²) >= 11 is 28.3. The van der Waals surface area contributed by atoms with Crippen LogP contribution in [0.3, 0.4) is 0 Å². The Balaban J connectivity index is 0.906. The first-order chi connectivity index (χ1) is 28.0. The lowest BCUT2D eigenvalue weighted by Gasteiger charge is -2.15. The van der Waals surface area contributed by atoms with Crippen LogP contribution in [0.5, 0.6) is 11.5 Å². The third-order valence-corrected chi connectivity index (χ3v) is 14.3. The number of hydrogen-bond donors (Lipinski definition) is 1. The smallest absolute Gasteiger partial charge is 0.304 e. The fraction of sp³-hybridized carbons (Fsp3) is 0.268. The van der Waals surface area contributed by atoms with E-state index in [1.165, 1.54) is 6.07 Å². The number of allylic oxidation sites excluding steroid dienone is 2. The van der Waals surface area contributed by atoms with Crippen molar-refractivity contribution >= 4 is 91.3 Å². The highest BCUT2D eigenvalue weighted by Gasteiger charge is 2.30. The molecule has 302 valence electrons. The van der Waals surface area contributed by atoms with Gasteiger partial charge in [0.25, 0.3) is 0 Å². The third kappa shape index (κ3) is 8.65. The van der Waals surface area contributed by atoms with Crippen LogP contribution in [-0.4, -0.2) is 70.8 Å². The summed E-state index contributed by atoms with van der Waals surface area (Å²) in [7, 11) is -2.30. The van der Waals surface area contributed by atoms with Gasteiger partial charge in [0, 0.05) is 40.1 Å². The minimum atomic E-state index is -4.43. The lowest BCUT2D eigenvalue weighted by atomic mass is 10.1. The highest BCUT2D eigenvalue weighted by Crippen LogP contribution is 2.46. The van der Waals surface area contributed by atoms with E-state index in [2.05, 4.69) is 30.2 Å². The number of benzene rings is 2. The molecule has 2 aliphatic heterocycles. The van der Waals surface area contributed by atoms with Gasteiger partial charge in [-0.05, 0) is 106 Å². The van der Waals surface area contributed by atoms with Crippen molar-refractivity contribution in [1.29, 1.82) is 0 Å². The van der Waals surface area contributed by atoms with E-state index in [0.717, 1.165) is 101 Å². The molecule has 0 spiro atoms. The Labute approximate surface area is 364 Å². The summed E-state index contributed by atoms with van der Waals surface area (Å²) in [5, 5.41) is 14.0. The van der Waals surface area contributed by atoms with Crippen LogP contribution < -0.4 is 9.47 Å². The molecular formula is C41H37Cl4N5O5S3. The van der Waals surface area contributed by atoms with Crippen molar-refractivity contribution in [2.45, 2.75) is 42.7 Å². The van der Waals surface area contributed by atoms with E-state index in [4.69, 9.17) is 66.1 Å². The minimum Gasteiger partial charge on any atom is -0.492 e. The van der Waals surface area contributed by atoms with E-state index >= 15 is 0 Å². The SMILES string of the molecule is CN(CCCC=Cc1nn(-c2ccc(Cl)cc2Cl)c2c1CCOc1ccsc1-2)CCCC=Cc1nn(-c2ccc(Cl)cc2Cl)c2c1CCOc1cc(S(=O)(=O)O)sc1-2. The molecule has 17 heteroatoms. The number of hydrogen-bond acceptors (Lipinski definition) is 9. The number of nitrogens with zero attached hydrogens (tertiary/aromatic N) is 5. The van der Waals surface area contributed by atoms with Gasteiger partial charge < -0.3 is 14.4 Å². The monoisotopic (exact) mass is 915 g/mol. The second-order valence-electron chi connectivity index (χ2n) is 13.9. The first-order valence-electron chi connectivity index (χ1n) is 18.6. The number of ether oxygens (including phenoxy) is 2. The zero-order chi connectivity index (χ0) is 40.6. The van der Waals surface area contributed by atoms with Gasteiger partial charge in [0.05, 0.1) is 67.2 Å². The predicted octanol–water partition coefficient (Wildman–Crippen LogP) is 11.5. The largest absolute Gasteiger partial charge is 0.492 e. The Bertz CT molecular complexity index is 2660. The second-order valence-corrected chi connectivity index (χ2v) is 19.2. The number of thiophene rings is 2. The molecule has 58 heavy (non-hydrogen) atoms. The molecule has 4 aromatic heterocycles. The number of unbranched alkanes of at least 4 members (excludes halogenated alkanes) is 2. The molecule has 8 rings (SSSR count). The van der Waals surface area contributed by atoms with Crippen molar-refractivity contribution in [1.82, 2.24) is 24.5 Å². The van der Waals surface area contributed by atoms with Crippen LogP contribution in [0.25, 0.3) is 44.7 Å². The molecule has 0 bridgehead atoms. The van der Waals surface area contributed by atoms with Gasteiger partial charge in [-0.1, -0.05) is 58.6 Å². The summed E-state index contributed by atoms with van der Waals surface area (Å²) in [6, 6.07) is 14.0. The summed E-state index contributed by atoms with van der Waals surface area (Å²) in [5.74, 6) is 1.23. The molecule has 2 aliphatic rings. The van der Waals surface area contributed by atoms with Crippen molar-refractivity contribution in [3.63, 3.8) is 0 Å². The Morgan fingerprint density at radius 2 is 1.31 bits per heavy atom. The van der Waals surface area contributed by atoms with Gasteiger partial charge in [-0.15, -0.1) is 22.7 Å². The van der Waals surface area contributed by atoms with Gasteiger partial charge >= 0.3 is 10.1 Å². The standard InChI is InChI=1S/C41H37Cl4N5O5S3/c1-48(17-6-2-4-8-31-27-14-19-54-35-16-21-56-40(35)38(27)49(46-31)33-12-10-25(42)22-29(33)44)18-7-3-5-9-32-28-15-20-55-36-24-37(58(51,52)53)57-41(36)39(28)50(47-32)34-13-11-26(43)23-30(34)45/h4-5,8-13,16,21-24H,2-3,6-7,14-15,17-20H2,1H3,(H,51,52,53). The van der Waals surface area contributed by atoms with Crippen LogP contribution >= 0.6 is 69.1 Å². The second kappa shape index (κ2) is 17.5. The number of fused-ring (bicyclic) bond motifs is 6. The molecule has 0 amide bonds. The number of halogens is 4. The molecule has 6 aromatic rings. The molecule has 0 saturated carbocycles. The Morgan fingerprint density at radius 3 is 1.84 bits per heavy atom. The summed E-state index contributed by atoms with van der Waals surface area (Å²) in [6.07, 6.45) is 13.4. The average molecular weight is 918 g/mol. The molecule has 6 heterocycles. The summed E-state index contributed by atoms with van der Waals surface area (Å²) in [5.41, 5.74) is 6.73. The molecule has 0 atom stereocenters. The number of aromatic nitrogens is 4. The first kappa shape index (κ1) is 41.1. The van der Waals surface area contributed by atoms with E-state index in [-0.39, 0.29) is 4.21 Å². The van der Waals surface area contributed by atoms with Crippen molar-refractivity contribution in [3.05, 3.63) is 109 Å². The highest BCUT2D eigenvalue weighted by atomic mass is 35.5. The average Bonchev–Trinajstić information content (AvgIpc) is 3.92. The van der Waals surface area contributed by atoms with Gasteiger partial charge in [0.15, 0.2) is 4.21 Å². The molecule has 0 aliphatic carbocycles. The van der Waals surface area contributed by atoms with Crippen molar-refractivity contribution in [3.8, 4) is 44.0 Å². The lowest BCUT2D eigenvalue weighted by Crippen LogP contribution is -2.20. The Morgan fingerprint density at radius 1 is 0.776 bits per heavy atom. The summed E-state index contributed by atoms with van der Waals surface area (Å²) in [4.78, 5) is 3.93. The van der Waals surface area contributed by atoms with E-state index < -0.39 is 10.1 Å². The fourth-order valence-electron chi connectivity index (χ4n) is 7.14. The van der Waals surface area contributed by atoms with E-state index in [1.54, 1.807) is 40.3 Å². The Hall–Kier alpha value is -3.63. The molecular weight excluding hydrogens is 880 g/mol. The van der Waals surface area contributed by atoms with E-state index in [9.17, 15) is 13.0 Å². The van der Waals surface area contributed by atoms with Gasteiger partial charge in [-0.25, -0.2) is 9.36 Å². The van der Waals surface area contributed by atoms with Crippen molar-refractivity contribution < 1.29 is 22.4 Å². The van der Waals surface area contributed by atoms with Crippen LogP contribution in [0, 0.1) is 0 Å². The first-order valence-corrected chi connectivity index (χ1v) is 23.2. The normalized spacial score (nSPS) is 13.9. The van der Waals surface area contributed by atoms with Crippen LogP contribution in [0.1, 0.15) is 48.2 Å². The molecule has 10 nitrogen and oxygen atoms in total. The van der Waals surface area contributed by atoms with E-state index in [0.29, 0.717) is 61.7 Å². The maximum absolute atomic E-state index is 12.0. The van der Waals surface area contributed by atoms with Gasteiger partial charge in [0.2, 0.25) is 0 Å². The molecule has 0 radical (unpaired) electrons. The van der Waals surface area contributed by atoms with Crippen LogP contribution in [0.4, 0.5) is 0 Å². The van der Waals surface area contributed by atoms with Crippen LogP contribution in [0.15, 0.2) is 70.3 Å². The van der Waals surface area contributed by atoms with Crippen molar-refractivity contribution in [2.24, 2.45) is 0 Å². The predicted molar refractivity (Wildman–Crippen MR) is 236 cm³/mol. The zero-order valence-electron chi connectivity index (χ0n) is 31.1. The van der Waals surface area contributed by atoms with Crippen LogP contribution in [-0.2, 0) is 23.0 Å². The topological polar surface area (TPSA) is 112 Å². The highest BCUT2D eigenvalue weighted by molar-refractivity contribution is 7.88. The molecule has 1 N–H and O–H groups in total. The van der Waals surface area contributed by atoms with Crippen LogP contribution in [0.2, 0.25) is 20.1 Å². The third-order valence-electron chi connectivity index (χ3n) is 9.89. The molecule has 2 aromatic carbocycles. The van der Waals surface area contributed by atoms with Gasteiger partial charge in [-0.2, -0.15) is 18.6 Å². The fourth-order valence-corrected chi connectivity index (χ4v) is 10.8. The van der Waals surface area contributed by atoms with Crippen molar-refractivity contribution in [2.75, 3.05) is 33.4 Å². The summed E-state index contributed by atoms with van der Waals surface area (Å²) in [6.45, 7) is 2.76. The minimum absolute atomic E-state index is 0.202. The summed E-state index contributed by atoms with van der Waals surface area (Å²) < 4.78 is 49.3. The zero-order valence-corrected chi connectivity index (χ0v) is 36.6.